The maximum absolute atomic E-state index is 13.1. The minimum absolute atomic E-state index is 0.00783. The van der Waals surface area contributed by atoms with Crippen LogP contribution < -0.4 is 9.47 Å². The number of Topliss-reactive ketones (excluding diaryl/α,β-unsaturated/α-hetero) is 1. The monoisotopic (exact) mass is 457 g/mol. The number of amides is 1. The molecule has 1 saturated heterocycles. The molecular formula is C25H28ClNO5. The summed E-state index contributed by atoms with van der Waals surface area (Å²) in [7, 11) is 1.53. The summed E-state index contributed by atoms with van der Waals surface area (Å²) >= 11 is 6.36. The number of carbonyl (C=O) groups excluding carboxylic acids is 2. The molecule has 3 rings (SSSR count). The Morgan fingerprint density at radius 3 is 2.56 bits per heavy atom. The Balaban J connectivity index is 2.20. The van der Waals surface area contributed by atoms with Crippen LogP contribution >= 0.6 is 11.6 Å². The predicted molar refractivity (Wildman–Crippen MR) is 124 cm³/mol. The van der Waals surface area contributed by atoms with Gasteiger partial charge in [0.2, 0.25) is 0 Å². The Kier molecular flexibility index (Phi) is 7.80. The third-order valence-corrected chi connectivity index (χ3v) is 5.81. The van der Waals surface area contributed by atoms with Gasteiger partial charge < -0.3 is 19.5 Å². The summed E-state index contributed by atoms with van der Waals surface area (Å²) in [5, 5.41) is 11.5. The second kappa shape index (κ2) is 10.6. The molecule has 1 N–H and O–H groups in total. The molecular weight excluding hydrogens is 430 g/mol. The van der Waals surface area contributed by atoms with Gasteiger partial charge in [-0.3, -0.25) is 9.59 Å². The number of aliphatic hydroxyl groups is 1. The first-order valence-corrected chi connectivity index (χ1v) is 11.2. The molecule has 1 heterocycles. The lowest BCUT2D eigenvalue weighted by Gasteiger charge is -2.26. The second-order valence-corrected chi connectivity index (χ2v) is 7.92. The van der Waals surface area contributed by atoms with Crippen molar-refractivity contribution in [2.24, 2.45) is 0 Å². The van der Waals surface area contributed by atoms with Crippen molar-refractivity contribution in [2.75, 3.05) is 20.3 Å². The third-order valence-electron chi connectivity index (χ3n) is 5.48. The zero-order valence-electron chi connectivity index (χ0n) is 18.6. The highest BCUT2D eigenvalue weighted by Gasteiger charge is 2.46. The number of aliphatic hydroxyl groups excluding tert-OH is 1. The first-order chi connectivity index (χ1) is 15.4. The number of likely N-dealkylation sites (tertiary alicyclic amines) is 1. The number of halogens is 1. The number of rotatable bonds is 9. The van der Waals surface area contributed by atoms with Gasteiger partial charge in [-0.15, -0.1) is 0 Å². The molecule has 0 bridgehead atoms. The molecule has 1 fully saturated rings. The predicted octanol–water partition coefficient (Wildman–Crippen LogP) is 5.36. The number of hydrogen-bond donors (Lipinski definition) is 1. The van der Waals surface area contributed by atoms with Crippen molar-refractivity contribution in [3.63, 3.8) is 0 Å². The summed E-state index contributed by atoms with van der Waals surface area (Å²) in [5.41, 5.74) is 0.861. The van der Waals surface area contributed by atoms with Crippen molar-refractivity contribution in [3.8, 4) is 11.5 Å². The molecule has 7 heteroatoms. The summed E-state index contributed by atoms with van der Waals surface area (Å²) in [5.74, 6) is -0.684. The molecule has 32 heavy (non-hydrogen) atoms. The number of ether oxygens (including phenoxy) is 2. The lowest BCUT2D eigenvalue weighted by molar-refractivity contribution is -0.139. The van der Waals surface area contributed by atoms with Gasteiger partial charge in [-0.25, -0.2) is 0 Å². The lowest BCUT2D eigenvalue weighted by atomic mass is 9.94. The maximum atomic E-state index is 13.1. The van der Waals surface area contributed by atoms with E-state index in [-0.39, 0.29) is 21.9 Å². The molecule has 0 spiro atoms. The van der Waals surface area contributed by atoms with E-state index in [0.717, 1.165) is 19.3 Å². The Morgan fingerprint density at radius 1 is 1.12 bits per heavy atom. The quantitative estimate of drug-likeness (QED) is 0.237. The Hall–Kier alpha value is -2.99. The molecule has 0 saturated carbocycles. The van der Waals surface area contributed by atoms with Crippen LogP contribution in [0, 0.1) is 0 Å². The van der Waals surface area contributed by atoms with Gasteiger partial charge >= 0.3 is 0 Å². The second-order valence-electron chi connectivity index (χ2n) is 7.52. The van der Waals surface area contributed by atoms with Gasteiger partial charge in [0.15, 0.2) is 0 Å². The van der Waals surface area contributed by atoms with E-state index in [1.807, 2.05) is 19.1 Å². The van der Waals surface area contributed by atoms with Crippen LogP contribution in [0.5, 0.6) is 11.5 Å². The number of hydrogen-bond acceptors (Lipinski definition) is 5. The summed E-state index contributed by atoms with van der Waals surface area (Å²) in [4.78, 5) is 27.7. The largest absolute Gasteiger partial charge is 0.507 e. The van der Waals surface area contributed by atoms with Crippen LogP contribution in [0.25, 0.3) is 5.76 Å². The molecule has 1 unspecified atom stereocenters. The van der Waals surface area contributed by atoms with Crippen LogP contribution in [0.15, 0.2) is 48.0 Å². The molecule has 0 aliphatic carbocycles. The molecule has 1 atom stereocenters. The minimum Gasteiger partial charge on any atom is -0.507 e. The highest BCUT2D eigenvalue weighted by Crippen LogP contribution is 2.43. The maximum Gasteiger partial charge on any atom is 0.295 e. The zero-order chi connectivity index (χ0) is 23.3. The van der Waals surface area contributed by atoms with E-state index in [1.54, 1.807) is 30.3 Å². The summed E-state index contributed by atoms with van der Waals surface area (Å²) in [6.45, 7) is 4.74. The van der Waals surface area contributed by atoms with E-state index in [2.05, 4.69) is 6.92 Å². The van der Waals surface area contributed by atoms with Crippen LogP contribution in [0.3, 0.4) is 0 Å². The standard InChI is InChI=1S/C25H28ClNO5/c1-4-6-9-14-27-22(17-10-7-8-11-20(17)31-3)21(24(29)25(27)30)23(28)18-15-16(32-5-2)12-13-19(18)26/h7-8,10-13,15,22,28H,4-6,9,14H2,1-3H3/b23-21+. The Labute approximate surface area is 193 Å². The van der Waals surface area contributed by atoms with Crippen molar-refractivity contribution in [1.82, 2.24) is 4.90 Å². The third kappa shape index (κ3) is 4.60. The highest BCUT2D eigenvalue weighted by atomic mass is 35.5. The molecule has 2 aromatic rings. The molecule has 6 nitrogen and oxygen atoms in total. The van der Waals surface area contributed by atoms with Gasteiger partial charge in [0.05, 0.1) is 30.4 Å². The van der Waals surface area contributed by atoms with E-state index >= 15 is 0 Å². The van der Waals surface area contributed by atoms with Crippen LogP contribution in [0.4, 0.5) is 0 Å². The van der Waals surface area contributed by atoms with E-state index in [9.17, 15) is 14.7 Å². The van der Waals surface area contributed by atoms with Gasteiger partial charge in [0.25, 0.3) is 11.7 Å². The van der Waals surface area contributed by atoms with E-state index in [0.29, 0.717) is 30.2 Å². The molecule has 170 valence electrons. The highest BCUT2D eigenvalue weighted by molar-refractivity contribution is 6.47. The zero-order valence-corrected chi connectivity index (χ0v) is 19.3. The number of unbranched alkanes of at least 4 members (excludes halogenated alkanes) is 2. The molecule has 0 radical (unpaired) electrons. The van der Waals surface area contributed by atoms with E-state index in [1.165, 1.54) is 12.0 Å². The molecule has 0 aromatic heterocycles. The minimum atomic E-state index is -0.783. The molecule has 1 aliphatic heterocycles. The van der Waals surface area contributed by atoms with Gasteiger partial charge in [-0.05, 0) is 37.6 Å². The van der Waals surface area contributed by atoms with Crippen molar-refractivity contribution >= 4 is 29.1 Å². The fourth-order valence-corrected chi connectivity index (χ4v) is 4.15. The van der Waals surface area contributed by atoms with Crippen LogP contribution in [0.1, 0.15) is 50.3 Å². The molecule has 1 aliphatic rings. The number of carbonyl (C=O) groups is 2. The van der Waals surface area contributed by atoms with Crippen molar-refractivity contribution in [3.05, 3.63) is 64.2 Å². The van der Waals surface area contributed by atoms with Crippen molar-refractivity contribution in [2.45, 2.75) is 39.2 Å². The van der Waals surface area contributed by atoms with E-state index in [4.69, 9.17) is 21.1 Å². The number of para-hydroxylation sites is 1. The first kappa shape index (κ1) is 23.7. The fourth-order valence-electron chi connectivity index (χ4n) is 3.95. The van der Waals surface area contributed by atoms with Crippen molar-refractivity contribution in [1.29, 1.82) is 0 Å². The SMILES string of the molecule is CCCCCN1C(=O)C(=O)/C(=C(/O)c2cc(OCC)ccc2Cl)C1c1ccccc1OC. The Bertz CT molecular complexity index is 1030. The lowest BCUT2D eigenvalue weighted by Crippen LogP contribution is -2.30. The summed E-state index contributed by atoms with van der Waals surface area (Å²) in [6.07, 6.45) is 2.64. The summed E-state index contributed by atoms with van der Waals surface area (Å²) < 4.78 is 11.0. The van der Waals surface area contributed by atoms with Crippen LogP contribution in [0.2, 0.25) is 5.02 Å². The van der Waals surface area contributed by atoms with E-state index < -0.39 is 17.7 Å². The normalized spacial score (nSPS) is 17.6. The molecule has 2 aromatic carbocycles. The number of ketones is 1. The molecule has 1 amide bonds. The smallest absolute Gasteiger partial charge is 0.295 e. The average Bonchev–Trinajstić information content (AvgIpc) is 3.05. The van der Waals surface area contributed by atoms with Crippen LogP contribution in [-0.4, -0.2) is 42.0 Å². The van der Waals surface area contributed by atoms with Gasteiger partial charge in [-0.1, -0.05) is 49.6 Å². The number of nitrogens with zero attached hydrogens (tertiary/aromatic N) is 1. The average molecular weight is 458 g/mol. The first-order valence-electron chi connectivity index (χ1n) is 10.8. The van der Waals surface area contributed by atoms with Crippen molar-refractivity contribution < 1.29 is 24.2 Å². The summed E-state index contributed by atoms with van der Waals surface area (Å²) in [6, 6.07) is 11.3. The number of methoxy groups -OCH3 is 1. The van der Waals surface area contributed by atoms with Gasteiger partial charge in [-0.2, -0.15) is 0 Å². The van der Waals surface area contributed by atoms with Crippen LogP contribution in [-0.2, 0) is 9.59 Å². The Morgan fingerprint density at radius 2 is 1.88 bits per heavy atom. The number of benzene rings is 2. The van der Waals surface area contributed by atoms with Gasteiger partial charge in [0.1, 0.15) is 17.3 Å². The topological polar surface area (TPSA) is 76.1 Å². The van der Waals surface area contributed by atoms with Gasteiger partial charge in [0, 0.05) is 17.7 Å². The fraction of sp³-hybridized carbons (Fsp3) is 0.360.